The fourth-order valence-corrected chi connectivity index (χ4v) is 1.45. The van der Waals surface area contributed by atoms with Gasteiger partial charge >= 0.3 is 0 Å². The monoisotopic (exact) mass is 148 g/mol. The molecule has 0 aromatic rings. The van der Waals surface area contributed by atoms with Crippen LogP contribution >= 0.6 is 0 Å². The van der Waals surface area contributed by atoms with E-state index in [1.54, 1.807) is 0 Å². The van der Waals surface area contributed by atoms with Crippen molar-refractivity contribution < 1.29 is 0 Å². The fourth-order valence-electron chi connectivity index (χ4n) is 1.45. The molecule has 0 aromatic heterocycles. The number of allylic oxidation sites excluding steroid dienone is 2. The van der Waals surface area contributed by atoms with Gasteiger partial charge in [-0.2, -0.15) is 0 Å². The molecule has 0 aromatic carbocycles. The summed E-state index contributed by atoms with van der Waals surface area (Å²) in [6.45, 7) is 4.35. The molecule has 2 atom stereocenters. The van der Waals surface area contributed by atoms with Crippen molar-refractivity contribution in [3.05, 3.63) is 24.4 Å². The molecule has 11 heavy (non-hydrogen) atoms. The van der Waals surface area contributed by atoms with E-state index in [9.17, 15) is 0 Å². The Morgan fingerprint density at radius 3 is 2.91 bits per heavy atom. The van der Waals surface area contributed by atoms with Crippen LogP contribution in [0.4, 0.5) is 0 Å². The van der Waals surface area contributed by atoms with Crippen LogP contribution in [0.3, 0.4) is 0 Å². The van der Waals surface area contributed by atoms with Crippen molar-refractivity contribution in [2.75, 3.05) is 0 Å². The molecule has 58 valence electrons. The third-order valence-electron chi connectivity index (χ3n) is 2.34. The maximum absolute atomic E-state index is 4.50. The molecule has 2 heteroatoms. The van der Waals surface area contributed by atoms with Crippen molar-refractivity contribution in [1.29, 1.82) is 0 Å². The molecule has 0 saturated carbocycles. The van der Waals surface area contributed by atoms with E-state index in [0.717, 1.165) is 5.84 Å². The summed E-state index contributed by atoms with van der Waals surface area (Å²) in [6, 6.07) is 0.948. The topological polar surface area (TPSA) is 15.6 Å². The normalized spacial score (nSPS) is 34.0. The van der Waals surface area contributed by atoms with Gasteiger partial charge in [-0.1, -0.05) is 6.08 Å². The van der Waals surface area contributed by atoms with Crippen LogP contribution < -0.4 is 0 Å². The van der Waals surface area contributed by atoms with Gasteiger partial charge in [0, 0.05) is 6.20 Å². The van der Waals surface area contributed by atoms with Crippen LogP contribution in [0.15, 0.2) is 29.4 Å². The highest BCUT2D eigenvalue weighted by Gasteiger charge is 2.27. The van der Waals surface area contributed by atoms with Gasteiger partial charge in [-0.25, -0.2) is 0 Å². The first-order chi connectivity index (χ1) is 5.29. The van der Waals surface area contributed by atoms with E-state index in [-0.39, 0.29) is 0 Å². The van der Waals surface area contributed by atoms with E-state index in [1.165, 1.54) is 0 Å². The molecular formula is C9H12N2. The molecule has 0 fully saturated rings. The Kier molecular flexibility index (Phi) is 1.34. The van der Waals surface area contributed by atoms with E-state index in [0.29, 0.717) is 12.1 Å². The second kappa shape index (κ2) is 2.22. The van der Waals surface area contributed by atoms with E-state index in [2.05, 4.69) is 36.0 Å². The van der Waals surface area contributed by atoms with Crippen LogP contribution in [0.25, 0.3) is 0 Å². The molecule has 0 radical (unpaired) electrons. The van der Waals surface area contributed by atoms with Gasteiger partial charge in [0.1, 0.15) is 5.84 Å². The Morgan fingerprint density at radius 1 is 1.36 bits per heavy atom. The van der Waals surface area contributed by atoms with Gasteiger partial charge in [-0.15, -0.1) is 0 Å². The van der Waals surface area contributed by atoms with Gasteiger partial charge in [-0.3, -0.25) is 4.99 Å². The molecule has 0 amide bonds. The second-order valence-corrected chi connectivity index (χ2v) is 3.08. The quantitative estimate of drug-likeness (QED) is 0.509. The number of hydrogen-bond acceptors (Lipinski definition) is 2. The molecule has 0 bridgehead atoms. The highest BCUT2D eigenvalue weighted by atomic mass is 15.3. The predicted octanol–water partition coefficient (Wildman–Crippen LogP) is 1.56. The average Bonchev–Trinajstić information content (AvgIpc) is 2.30. The van der Waals surface area contributed by atoms with Crippen LogP contribution in [-0.4, -0.2) is 22.8 Å². The molecular weight excluding hydrogens is 136 g/mol. The van der Waals surface area contributed by atoms with Crippen LogP contribution in [0.5, 0.6) is 0 Å². The third kappa shape index (κ3) is 0.897. The summed E-state index contributed by atoms with van der Waals surface area (Å²) in [5.74, 6) is 1.10. The summed E-state index contributed by atoms with van der Waals surface area (Å²) < 4.78 is 0. The minimum absolute atomic E-state index is 0.428. The van der Waals surface area contributed by atoms with Crippen molar-refractivity contribution in [3.63, 3.8) is 0 Å². The van der Waals surface area contributed by atoms with Gasteiger partial charge in [0.2, 0.25) is 0 Å². The molecule has 0 N–H and O–H groups in total. The number of fused-ring (bicyclic) bond motifs is 1. The zero-order chi connectivity index (χ0) is 7.84. The fraction of sp³-hybridized carbons (Fsp3) is 0.444. The minimum Gasteiger partial charge on any atom is -0.328 e. The molecule has 2 rings (SSSR count). The summed E-state index contributed by atoms with van der Waals surface area (Å²) in [6.07, 6.45) is 8.22. The molecule has 0 spiro atoms. The zero-order valence-electron chi connectivity index (χ0n) is 6.86. The zero-order valence-corrected chi connectivity index (χ0v) is 6.86. The largest absolute Gasteiger partial charge is 0.328 e. The minimum atomic E-state index is 0.428. The van der Waals surface area contributed by atoms with Crippen molar-refractivity contribution in [2.24, 2.45) is 4.99 Å². The Morgan fingerprint density at radius 2 is 2.18 bits per heavy atom. The lowest BCUT2D eigenvalue weighted by Crippen LogP contribution is -2.32. The molecule has 2 unspecified atom stereocenters. The van der Waals surface area contributed by atoms with E-state index in [4.69, 9.17) is 0 Å². The van der Waals surface area contributed by atoms with Crippen molar-refractivity contribution in [2.45, 2.75) is 25.9 Å². The van der Waals surface area contributed by atoms with Crippen molar-refractivity contribution >= 4 is 5.84 Å². The Balaban J connectivity index is 2.32. The Labute approximate surface area is 66.9 Å². The Bertz CT molecular complexity index is 250. The number of rotatable bonds is 0. The Hall–Kier alpha value is -1.05. The first-order valence-electron chi connectivity index (χ1n) is 4.00. The standard InChI is InChI=1S/C9H12N2/c1-7-8(2)11-6-4-3-5-9(11)10-7/h3-8H,1-2H3. The van der Waals surface area contributed by atoms with E-state index >= 15 is 0 Å². The van der Waals surface area contributed by atoms with Crippen molar-refractivity contribution in [1.82, 2.24) is 4.90 Å². The van der Waals surface area contributed by atoms with E-state index in [1.807, 2.05) is 12.2 Å². The van der Waals surface area contributed by atoms with Gasteiger partial charge < -0.3 is 4.90 Å². The average molecular weight is 148 g/mol. The number of hydrogen-bond donors (Lipinski definition) is 0. The summed E-state index contributed by atoms with van der Waals surface area (Å²) in [5, 5.41) is 0. The molecule has 0 saturated heterocycles. The van der Waals surface area contributed by atoms with Gasteiger partial charge in [-0.05, 0) is 26.0 Å². The summed E-state index contributed by atoms with van der Waals surface area (Å²) >= 11 is 0. The first-order valence-corrected chi connectivity index (χ1v) is 4.00. The van der Waals surface area contributed by atoms with E-state index < -0.39 is 0 Å². The lowest BCUT2D eigenvalue weighted by atomic mass is 10.2. The lowest BCUT2D eigenvalue weighted by molar-refractivity contribution is 0.421. The van der Waals surface area contributed by atoms with Crippen LogP contribution in [0.1, 0.15) is 13.8 Å². The third-order valence-corrected chi connectivity index (χ3v) is 2.34. The van der Waals surface area contributed by atoms with Crippen LogP contribution in [0.2, 0.25) is 0 Å². The number of amidine groups is 1. The maximum Gasteiger partial charge on any atom is 0.128 e. The van der Waals surface area contributed by atoms with Crippen LogP contribution in [-0.2, 0) is 0 Å². The molecule has 2 aliphatic heterocycles. The predicted molar refractivity (Wildman–Crippen MR) is 46.5 cm³/mol. The smallest absolute Gasteiger partial charge is 0.128 e. The first kappa shape index (κ1) is 6.65. The van der Waals surface area contributed by atoms with Gasteiger partial charge in [0.05, 0.1) is 12.1 Å². The number of aliphatic imine (C=N–C) groups is 1. The SMILES string of the molecule is CC1N=C2C=CC=CN2C1C. The highest BCUT2D eigenvalue weighted by molar-refractivity contribution is 5.96. The highest BCUT2D eigenvalue weighted by Crippen LogP contribution is 2.19. The lowest BCUT2D eigenvalue weighted by Gasteiger charge is -2.22. The van der Waals surface area contributed by atoms with Gasteiger partial charge in [0.25, 0.3) is 0 Å². The van der Waals surface area contributed by atoms with Gasteiger partial charge in [0.15, 0.2) is 0 Å². The summed E-state index contributed by atoms with van der Waals surface area (Å²) in [4.78, 5) is 6.71. The summed E-state index contributed by atoms with van der Waals surface area (Å²) in [5.41, 5.74) is 0. The molecule has 2 heterocycles. The van der Waals surface area contributed by atoms with Crippen LogP contribution in [0, 0.1) is 0 Å². The molecule has 2 nitrogen and oxygen atoms in total. The molecule has 0 aliphatic carbocycles. The number of nitrogens with zero attached hydrogens (tertiary/aromatic N) is 2. The second-order valence-electron chi connectivity index (χ2n) is 3.08. The van der Waals surface area contributed by atoms with Crippen molar-refractivity contribution in [3.8, 4) is 0 Å². The maximum atomic E-state index is 4.50. The molecule has 2 aliphatic rings. The summed E-state index contributed by atoms with van der Waals surface area (Å²) in [7, 11) is 0.